The highest BCUT2D eigenvalue weighted by atomic mass is 35.5. The van der Waals surface area contributed by atoms with Crippen LogP contribution in [-0.2, 0) is 0 Å². The van der Waals surface area contributed by atoms with Crippen LogP contribution in [0.3, 0.4) is 0 Å². The quantitative estimate of drug-likeness (QED) is 0.560. The van der Waals surface area contributed by atoms with E-state index in [1.54, 1.807) is 12.4 Å². The lowest BCUT2D eigenvalue weighted by atomic mass is 10.2. The third-order valence-corrected chi connectivity index (χ3v) is 3.77. The minimum Gasteiger partial charge on any atom is -0.396 e. The number of anilines is 3. The van der Waals surface area contributed by atoms with Gasteiger partial charge in [0, 0.05) is 37.2 Å². The number of hydrogen-bond donors (Lipinski definition) is 3. The Labute approximate surface area is 150 Å². The largest absolute Gasteiger partial charge is 0.396 e. The van der Waals surface area contributed by atoms with Crippen LogP contribution in [0.15, 0.2) is 54.9 Å². The van der Waals surface area contributed by atoms with Gasteiger partial charge in [-0.25, -0.2) is 4.98 Å². The van der Waals surface area contributed by atoms with Crippen molar-refractivity contribution in [2.24, 2.45) is 0 Å². The van der Waals surface area contributed by atoms with Crippen molar-refractivity contribution in [2.75, 3.05) is 23.8 Å². The number of halogens is 1. The minimum atomic E-state index is 0.111. The maximum absolute atomic E-state index is 8.94. The summed E-state index contributed by atoms with van der Waals surface area (Å²) in [5.41, 5.74) is 2.39. The molecule has 0 saturated carbocycles. The molecule has 6 nitrogen and oxygen atoms in total. The standard InChI is InChI=1S/C18H18ClN5O/c19-14-6-1-2-7-15(14)22-17-11-16(13-5-3-8-20-12-13)23-18(24-17)21-9-4-10-25/h1-3,5-8,11-12,25H,4,9-10H2,(H2,21,22,23,24). The van der Waals surface area contributed by atoms with Crippen LogP contribution in [0.5, 0.6) is 0 Å². The molecule has 0 amide bonds. The number of nitrogens with one attached hydrogen (secondary N) is 2. The lowest BCUT2D eigenvalue weighted by Crippen LogP contribution is -2.08. The van der Waals surface area contributed by atoms with Gasteiger partial charge < -0.3 is 15.7 Å². The van der Waals surface area contributed by atoms with E-state index in [0.717, 1.165) is 16.9 Å². The lowest BCUT2D eigenvalue weighted by Gasteiger charge is -2.12. The van der Waals surface area contributed by atoms with Gasteiger partial charge in [0.1, 0.15) is 5.82 Å². The Balaban J connectivity index is 1.93. The van der Waals surface area contributed by atoms with Crippen molar-refractivity contribution in [3.8, 4) is 11.3 Å². The molecule has 0 aliphatic carbocycles. The van der Waals surface area contributed by atoms with Gasteiger partial charge in [0.05, 0.1) is 16.4 Å². The van der Waals surface area contributed by atoms with E-state index in [0.29, 0.717) is 29.8 Å². The average molecular weight is 356 g/mol. The average Bonchev–Trinajstić information content (AvgIpc) is 2.64. The molecule has 0 aliphatic rings. The van der Waals surface area contributed by atoms with E-state index in [1.807, 2.05) is 42.5 Å². The molecular weight excluding hydrogens is 338 g/mol. The summed E-state index contributed by atoms with van der Waals surface area (Å²) in [4.78, 5) is 13.1. The van der Waals surface area contributed by atoms with Gasteiger partial charge in [0.25, 0.3) is 0 Å². The van der Waals surface area contributed by atoms with Crippen molar-refractivity contribution in [1.29, 1.82) is 0 Å². The summed E-state index contributed by atoms with van der Waals surface area (Å²) in [6.07, 6.45) is 4.08. The number of aliphatic hydroxyl groups excluding tert-OH is 1. The molecule has 0 spiro atoms. The molecule has 3 N–H and O–H groups in total. The molecule has 0 radical (unpaired) electrons. The molecule has 2 aromatic heterocycles. The number of para-hydroxylation sites is 1. The van der Waals surface area contributed by atoms with Crippen LogP contribution in [0.2, 0.25) is 5.02 Å². The zero-order chi connectivity index (χ0) is 17.5. The van der Waals surface area contributed by atoms with Crippen LogP contribution < -0.4 is 10.6 Å². The number of hydrogen-bond acceptors (Lipinski definition) is 6. The van der Waals surface area contributed by atoms with Crippen molar-refractivity contribution in [3.05, 3.63) is 59.9 Å². The van der Waals surface area contributed by atoms with E-state index in [1.165, 1.54) is 0 Å². The van der Waals surface area contributed by atoms with E-state index < -0.39 is 0 Å². The fourth-order valence-electron chi connectivity index (χ4n) is 2.23. The van der Waals surface area contributed by atoms with Gasteiger partial charge in [-0.05, 0) is 30.7 Å². The van der Waals surface area contributed by atoms with Crippen LogP contribution in [0.1, 0.15) is 6.42 Å². The third-order valence-electron chi connectivity index (χ3n) is 3.44. The summed E-state index contributed by atoms with van der Waals surface area (Å²) < 4.78 is 0. The number of benzene rings is 1. The van der Waals surface area contributed by atoms with E-state index >= 15 is 0 Å². The van der Waals surface area contributed by atoms with Gasteiger partial charge in [-0.2, -0.15) is 4.98 Å². The molecule has 1 aromatic carbocycles. The van der Waals surface area contributed by atoms with Crippen LogP contribution in [0.4, 0.5) is 17.5 Å². The Hall–Kier alpha value is -2.70. The van der Waals surface area contributed by atoms with Gasteiger partial charge in [-0.3, -0.25) is 4.98 Å². The van der Waals surface area contributed by atoms with Crippen LogP contribution in [0, 0.1) is 0 Å². The second-order valence-corrected chi connectivity index (χ2v) is 5.72. The van der Waals surface area contributed by atoms with Crippen molar-refractivity contribution >= 4 is 29.1 Å². The predicted molar refractivity (Wildman–Crippen MR) is 100 cm³/mol. The first-order valence-electron chi connectivity index (χ1n) is 7.92. The molecule has 0 atom stereocenters. The summed E-state index contributed by atoms with van der Waals surface area (Å²) in [7, 11) is 0. The molecule has 3 aromatic rings. The monoisotopic (exact) mass is 355 g/mol. The lowest BCUT2D eigenvalue weighted by molar-refractivity contribution is 0.292. The van der Waals surface area contributed by atoms with Crippen molar-refractivity contribution < 1.29 is 5.11 Å². The Morgan fingerprint density at radius 3 is 2.72 bits per heavy atom. The summed E-state index contributed by atoms with van der Waals surface area (Å²) in [5, 5.41) is 15.9. The zero-order valence-corrected chi connectivity index (χ0v) is 14.2. The number of pyridine rings is 1. The smallest absolute Gasteiger partial charge is 0.225 e. The molecule has 128 valence electrons. The highest BCUT2D eigenvalue weighted by Gasteiger charge is 2.08. The van der Waals surface area contributed by atoms with Crippen molar-refractivity contribution in [2.45, 2.75) is 6.42 Å². The van der Waals surface area contributed by atoms with E-state index in [-0.39, 0.29) is 6.61 Å². The molecule has 3 rings (SSSR count). The van der Waals surface area contributed by atoms with Gasteiger partial charge in [-0.1, -0.05) is 23.7 Å². The summed E-state index contributed by atoms with van der Waals surface area (Å²) >= 11 is 6.21. The predicted octanol–water partition coefficient (Wildman–Crippen LogP) is 3.73. The first kappa shape index (κ1) is 17.1. The number of rotatable bonds is 7. The van der Waals surface area contributed by atoms with Crippen molar-refractivity contribution in [1.82, 2.24) is 15.0 Å². The summed E-state index contributed by atoms with van der Waals surface area (Å²) in [5.74, 6) is 1.10. The fourth-order valence-corrected chi connectivity index (χ4v) is 2.42. The number of nitrogens with zero attached hydrogens (tertiary/aromatic N) is 3. The molecule has 2 heterocycles. The molecule has 0 unspecified atom stereocenters. The van der Waals surface area contributed by atoms with E-state index in [4.69, 9.17) is 16.7 Å². The third kappa shape index (κ3) is 4.65. The molecular formula is C18H18ClN5O. The Morgan fingerprint density at radius 2 is 1.96 bits per heavy atom. The topological polar surface area (TPSA) is 83.0 Å². The van der Waals surface area contributed by atoms with Gasteiger partial charge in [0.15, 0.2) is 0 Å². The van der Waals surface area contributed by atoms with Gasteiger partial charge in [-0.15, -0.1) is 0 Å². The van der Waals surface area contributed by atoms with Gasteiger partial charge in [0.2, 0.25) is 5.95 Å². The Kier molecular flexibility index (Phi) is 5.77. The SMILES string of the molecule is OCCCNc1nc(Nc2ccccc2Cl)cc(-c2cccnc2)n1. The first-order chi connectivity index (χ1) is 12.3. The first-order valence-corrected chi connectivity index (χ1v) is 8.30. The maximum Gasteiger partial charge on any atom is 0.225 e. The highest BCUT2D eigenvalue weighted by molar-refractivity contribution is 6.33. The minimum absolute atomic E-state index is 0.111. The van der Waals surface area contributed by atoms with E-state index in [2.05, 4.69) is 25.6 Å². The fraction of sp³-hybridized carbons (Fsp3) is 0.167. The summed E-state index contributed by atoms with van der Waals surface area (Å²) in [6, 6.07) is 13.1. The maximum atomic E-state index is 8.94. The van der Waals surface area contributed by atoms with E-state index in [9.17, 15) is 0 Å². The van der Waals surface area contributed by atoms with Crippen LogP contribution in [0.25, 0.3) is 11.3 Å². The summed E-state index contributed by atoms with van der Waals surface area (Å²) in [6.45, 7) is 0.693. The normalized spacial score (nSPS) is 10.5. The Morgan fingerprint density at radius 1 is 1.08 bits per heavy atom. The van der Waals surface area contributed by atoms with Crippen LogP contribution >= 0.6 is 11.6 Å². The second-order valence-electron chi connectivity index (χ2n) is 5.31. The number of aromatic nitrogens is 3. The number of aliphatic hydroxyl groups is 1. The second kappa shape index (κ2) is 8.41. The van der Waals surface area contributed by atoms with Crippen LogP contribution in [-0.4, -0.2) is 33.2 Å². The van der Waals surface area contributed by atoms with Gasteiger partial charge >= 0.3 is 0 Å². The zero-order valence-electron chi connectivity index (χ0n) is 13.5. The Bertz CT molecular complexity index is 829. The molecule has 0 aliphatic heterocycles. The molecule has 7 heteroatoms. The molecule has 0 saturated heterocycles. The molecule has 0 fully saturated rings. The molecule has 25 heavy (non-hydrogen) atoms. The highest BCUT2D eigenvalue weighted by Crippen LogP contribution is 2.27. The molecule has 0 bridgehead atoms. The van der Waals surface area contributed by atoms with Crippen molar-refractivity contribution in [3.63, 3.8) is 0 Å².